The van der Waals surface area contributed by atoms with Crippen LogP contribution in [0, 0.1) is 0 Å². The molecule has 23 heavy (non-hydrogen) atoms. The SMILES string of the molecule is CCCCCN1C(=O)C(C)(C)Oc2ccc(C(=O)C(C)Cl)cc21. The number of amides is 1. The molecule has 126 valence electrons. The predicted octanol–water partition coefficient (Wildman–Crippen LogP) is 4.19. The first-order valence-corrected chi connectivity index (χ1v) is 8.55. The van der Waals surface area contributed by atoms with E-state index >= 15 is 0 Å². The molecule has 0 aliphatic carbocycles. The van der Waals surface area contributed by atoms with E-state index in [1.165, 1.54) is 0 Å². The van der Waals surface area contributed by atoms with Crippen LogP contribution in [0.3, 0.4) is 0 Å². The molecule has 0 radical (unpaired) electrons. The Morgan fingerprint density at radius 1 is 1.35 bits per heavy atom. The Bertz CT molecular complexity index is 610. The summed E-state index contributed by atoms with van der Waals surface area (Å²) in [6.45, 7) is 7.93. The van der Waals surface area contributed by atoms with Crippen molar-refractivity contribution in [1.82, 2.24) is 0 Å². The van der Waals surface area contributed by atoms with Gasteiger partial charge in [-0.25, -0.2) is 0 Å². The highest BCUT2D eigenvalue weighted by Crippen LogP contribution is 2.38. The van der Waals surface area contributed by atoms with Gasteiger partial charge in [0.05, 0.1) is 11.1 Å². The van der Waals surface area contributed by atoms with Gasteiger partial charge < -0.3 is 9.64 Å². The monoisotopic (exact) mass is 337 g/mol. The number of ether oxygens (including phenoxy) is 1. The van der Waals surface area contributed by atoms with Gasteiger partial charge in [-0.05, 0) is 45.4 Å². The highest BCUT2D eigenvalue weighted by molar-refractivity contribution is 6.33. The molecule has 0 saturated heterocycles. The van der Waals surface area contributed by atoms with Crippen LogP contribution in [0.2, 0.25) is 0 Å². The number of benzene rings is 1. The van der Waals surface area contributed by atoms with Gasteiger partial charge in [0.25, 0.3) is 5.91 Å². The van der Waals surface area contributed by atoms with Crippen molar-refractivity contribution in [2.45, 2.75) is 57.9 Å². The maximum absolute atomic E-state index is 12.7. The Morgan fingerprint density at radius 3 is 2.65 bits per heavy atom. The van der Waals surface area contributed by atoms with Gasteiger partial charge in [-0.2, -0.15) is 0 Å². The van der Waals surface area contributed by atoms with Crippen LogP contribution >= 0.6 is 11.6 Å². The molecule has 0 fully saturated rings. The minimum absolute atomic E-state index is 0.0791. The molecule has 1 aromatic rings. The van der Waals surface area contributed by atoms with Crippen LogP contribution in [0.1, 0.15) is 57.3 Å². The lowest BCUT2D eigenvalue weighted by Crippen LogP contribution is -2.52. The van der Waals surface area contributed by atoms with Crippen LogP contribution in [-0.2, 0) is 4.79 Å². The summed E-state index contributed by atoms with van der Waals surface area (Å²) in [5.41, 5.74) is 0.265. The molecule has 5 heteroatoms. The summed E-state index contributed by atoms with van der Waals surface area (Å²) >= 11 is 5.90. The molecule has 0 bridgehead atoms. The summed E-state index contributed by atoms with van der Waals surface area (Å²) in [6, 6.07) is 5.18. The molecule has 0 N–H and O–H groups in total. The normalized spacial score (nSPS) is 17.4. The summed E-state index contributed by atoms with van der Waals surface area (Å²) in [4.78, 5) is 26.6. The average Bonchev–Trinajstić information content (AvgIpc) is 2.49. The van der Waals surface area contributed by atoms with Crippen LogP contribution in [0.15, 0.2) is 18.2 Å². The van der Waals surface area contributed by atoms with Crippen molar-refractivity contribution in [3.05, 3.63) is 23.8 Å². The summed E-state index contributed by atoms with van der Waals surface area (Å²) in [6.07, 6.45) is 3.05. The molecule has 1 aromatic carbocycles. The van der Waals surface area contributed by atoms with Crippen molar-refractivity contribution < 1.29 is 14.3 Å². The van der Waals surface area contributed by atoms with E-state index in [1.807, 2.05) is 0 Å². The van der Waals surface area contributed by atoms with E-state index in [-0.39, 0.29) is 11.7 Å². The number of halogens is 1. The molecule has 1 heterocycles. The Labute approximate surface area is 142 Å². The van der Waals surface area contributed by atoms with Crippen molar-refractivity contribution in [3.8, 4) is 5.75 Å². The summed E-state index contributed by atoms with van der Waals surface area (Å²) in [5.74, 6) is 0.398. The van der Waals surface area contributed by atoms with E-state index < -0.39 is 11.0 Å². The van der Waals surface area contributed by atoms with E-state index in [9.17, 15) is 9.59 Å². The summed E-state index contributed by atoms with van der Waals surface area (Å²) in [5, 5.41) is -0.599. The molecule has 1 amide bonds. The topological polar surface area (TPSA) is 46.6 Å². The molecule has 4 nitrogen and oxygen atoms in total. The lowest BCUT2D eigenvalue weighted by Gasteiger charge is -2.39. The van der Waals surface area contributed by atoms with E-state index in [2.05, 4.69) is 6.92 Å². The van der Waals surface area contributed by atoms with Gasteiger partial charge >= 0.3 is 0 Å². The van der Waals surface area contributed by atoms with Gasteiger partial charge in [-0.15, -0.1) is 11.6 Å². The maximum Gasteiger partial charge on any atom is 0.270 e. The number of Topliss-reactive ketones (excluding diaryl/α,β-unsaturated/α-hetero) is 1. The fourth-order valence-corrected chi connectivity index (χ4v) is 2.82. The molecule has 2 rings (SSSR count). The Kier molecular flexibility index (Phi) is 5.35. The van der Waals surface area contributed by atoms with Gasteiger partial charge in [0, 0.05) is 12.1 Å². The number of nitrogens with zero attached hydrogens (tertiary/aromatic N) is 1. The van der Waals surface area contributed by atoms with E-state index in [0.29, 0.717) is 23.5 Å². The van der Waals surface area contributed by atoms with Crippen molar-refractivity contribution in [3.63, 3.8) is 0 Å². The van der Waals surface area contributed by atoms with E-state index in [1.54, 1.807) is 43.9 Å². The minimum atomic E-state index is -0.898. The van der Waals surface area contributed by atoms with Crippen molar-refractivity contribution in [2.75, 3.05) is 11.4 Å². The fraction of sp³-hybridized carbons (Fsp3) is 0.556. The number of alkyl halides is 1. The molecule has 0 aromatic heterocycles. The first-order valence-electron chi connectivity index (χ1n) is 8.11. The Hall–Kier alpha value is -1.55. The third-order valence-electron chi connectivity index (χ3n) is 4.01. The second-order valence-corrected chi connectivity index (χ2v) is 7.09. The molecule has 0 spiro atoms. The predicted molar refractivity (Wildman–Crippen MR) is 92.7 cm³/mol. The standard InChI is InChI=1S/C18H24ClNO3/c1-5-6-7-10-20-14-11-13(16(21)12(2)19)8-9-15(14)23-18(3,4)17(20)22/h8-9,11-12H,5-7,10H2,1-4H3. The zero-order chi connectivity index (χ0) is 17.2. The number of fused-ring (bicyclic) bond motifs is 1. The van der Waals surface area contributed by atoms with Crippen molar-refractivity contribution >= 4 is 29.0 Å². The van der Waals surface area contributed by atoms with Gasteiger partial charge in [-0.3, -0.25) is 9.59 Å². The molecule has 0 saturated carbocycles. The highest BCUT2D eigenvalue weighted by atomic mass is 35.5. The number of hydrogen-bond donors (Lipinski definition) is 0. The molecule has 1 aliphatic rings. The van der Waals surface area contributed by atoms with Crippen LogP contribution < -0.4 is 9.64 Å². The third kappa shape index (κ3) is 3.69. The number of anilines is 1. The van der Waals surface area contributed by atoms with Crippen LogP contribution in [-0.4, -0.2) is 29.2 Å². The van der Waals surface area contributed by atoms with Crippen molar-refractivity contribution in [2.24, 2.45) is 0 Å². The Morgan fingerprint density at radius 2 is 2.04 bits per heavy atom. The maximum atomic E-state index is 12.7. The number of rotatable bonds is 6. The van der Waals surface area contributed by atoms with Crippen LogP contribution in [0.25, 0.3) is 0 Å². The highest BCUT2D eigenvalue weighted by Gasteiger charge is 2.40. The zero-order valence-electron chi connectivity index (χ0n) is 14.2. The fourth-order valence-electron chi connectivity index (χ4n) is 2.69. The van der Waals surface area contributed by atoms with Crippen LogP contribution in [0.4, 0.5) is 5.69 Å². The number of carbonyl (C=O) groups is 2. The van der Waals surface area contributed by atoms with E-state index in [0.717, 1.165) is 19.3 Å². The van der Waals surface area contributed by atoms with Crippen LogP contribution in [0.5, 0.6) is 5.75 Å². The second kappa shape index (κ2) is 6.91. The zero-order valence-corrected chi connectivity index (χ0v) is 14.9. The molecular weight excluding hydrogens is 314 g/mol. The number of hydrogen-bond acceptors (Lipinski definition) is 3. The van der Waals surface area contributed by atoms with E-state index in [4.69, 9.17) is 16.3 Å². The molecule has 1 unspecified atom stereocenters. The first kappa shape index (κ1) is 17.8. The number of carbonyl (C=O) groups excluding carboxylic acids is 2. The molecule has 1 aliphatic heterocycles. The number of unbranched alkanes of at least 4 members (excludes halogenated alkanes) is 2. The van der Waals surface area contributed by atoms with Crippen molar-refractivity contribution in [1.29, 1.82) is 0 Å². The van der Waals surface area contributed by atoms with Gasteiger partial charge in [-0.1, -0.05) is 19.8 Å². The minimum Gasteiger partial charge on any atom is -0.476 e. The summed E-state index contributed by atoms with van der Waals surface area (Å²) in [7, 11) is 0. The third-order valence-corrected chi connectivity index (χ3v) is 4.20. The van der Waals surface area contributed by atoms with Gasteiger partial charge in [0.1, 0.15) is 5.75 Å². The lowest BCUT2D eigenvalue weighted by molar-refractivity contribution is -0.132. The van der Waals surface area contributed by atoms with Gasteiger partial charge in [0.2, 0.25) is 0 Å². The molecular formula is C18H24ClNO3. The number of ketones is 1. The van der Waals surface area contributed by atoms with Gasteiger partial charge in [0.15, 0.2) is 11.4 Å². The lowest BCUT2D eigenvalue weighted by atomic mass is 10.0. The Balaban J connectivity index is 2.40. The summed E-state index contributed by atoms with van der Waals surface area (Å²) < 4.78 is 5.83. The molecule has 1 atom stereocenters. The largest absolute Gasteiger partial charge is 0.476 e. The first-order chi connectivity index (χ1) is 10.8. The second-order valence-electron chi connectivity index (χ2n) is 6.44. The average molecular weight is 338 g/mol. The quantitative estimate of drug-likeness (QED) is 0.444. The smallest absolute Gasteiger partial charge is 0.270 e.